The summed E-state index contributed by atoms with van der Waals surface area (Å²) in [7, 11) is 0. The number of carbonyl (C=O) groups is 2. The van der Waals surface area contributed by atoms with Gasteiger partial charge in [-0.2, -0.15) is 10.4 Å². The van der Waals surface area contributed by atoms with E-state index in [0.29, 0.717) is 42.4 Å². The Hall–Kier alpha value is -4.26. The van der Waals surface area contributed by atoms with Crippen molar-refractivity contribution in [2.24, 2.45) is 5.41 Å². The number of nitrogens with one attached hydrogen (secondary N) is 2. The molecular formula is C24H20FN7O2. The molecule has 2 saturated heterocycles. The Labute approximate surface area is 194 Å². The lowest BCUT2D eigenvalue weighted by atomic mass is 9.86. The molecule has 0 radical (unpaired) electrons. The molecule has 3 aliphatic heterocycles. The van der Waals surface area contributed by atoms with Gasteiger partial charge in [-0.25, -0.2) is 14.1 Å². The first kappa shape index (κ1) is 20.4. The molecule has 0 aliphatic carbocycles. The molecule has 2 amide bonds. The fourth-order valence-electron chi connectivity index (χ4n) is 5.19. The average molecular weight is 457 g/mol. The summed E-state index contributed by atoms with van der Waals surface area (Å²) in [5.41, 5.74) is 1.46. The minimum absolute atomic E-state index is 0.0921. The van der Waals surface area contributed by atoms with E-state index in [1.807, 2.05) is 12.1 Å². The highest BCUT2D eigenvalue weighted by molar-refractivity contribution is 6.01. The van der Waals surface area contributed by atoms with Crippen molar-refractivity contribution < 1.29 is 14.0 Å². The number of pyridine rings is 1. The molecule has 3 aromatic rings. The van der Waals surface area contributed by atoms with E-state index in [-0.39, 0.29) is 40.6 Å². The zero-order chi connectivity index (χ0) is 23.4. The summed E-state index contributed by atoms with van der Waals surface area (Å²) in [5.74, 6) is -0.0439. The smallest absolute Gasteiger partial charge is 0.255 e. The highest BCUT2D eigenvalue weighted by Gasteiger charge is 2.47. The largest absolute Gasteiger partial charge is 0.356 e. The van der Waals surface area contributed by atoms with Gasteiger partial charge in [0.1, 0.15) is 5.82 Å². The van der Waals surface area contributed by atoms with Gasteiger partial charge in [-0.15, -0.1) is 0 Å². The molecule has 170 valence electrons. The molecule has 1 spiro atoms. The van der Waals surface area contributed by atoms with Gasteiger partial charge >= 0.3 is 0 Å². The number of halogens is 1. The number of anilines is 1. The van der Waals surface area contributed by atoms with Crippen LogP contribution in [0.2, 0.25) is 0 Å². The molecule has 34 heavy (non-hydrogen) atoms. The van der Waals surface area contributed by atoms with E-state index < -0.39 is 5.82 Å². The van der Waals surface area contributed by atoms with Gasteiger partial charge in [0.25, 0.3) is 5.91 Å². The second kappa shape index (κ2) is 7.38. The fraction of sp³-hybridized carbons (Fsp3) is 0.292. The summed E-state index contributed by atoms with van der Waals surface area (Å²) in [6.07, 6.45) is 3.33. The Kier molecular flexibility index (Phi) is 4.42. The van der Waals surface area contributed by atoms with Crippen LogP contribution in [0.15, 0.2) is 36.5 Å². The van der Waals surface area contributed by atoms with Crippen molar-refractivity contribution in [3.63, 3.8) is 0 Å². The molecule has 0 unspecified atom stereocenters. The van der Waals surface area contributed by atoms with Crippen molar-refractivity contribution in [2.45, 2.75) is 19.4 Å². The van der Waals surface area contributed by atoms with Crippen molar-refractivity contribution in [3.8, 4) is 23.0 Å². The van der Waals surface area contributed by atoms with E-state index in [9.17, 15) is 19.2 Å². The van der Waals surface area contributed by atoms with Crippen LogP contribution in [0.1, 0.15) is 34.5 Å². The number of hydrogen-bond acceptors (Lipinski definition) is 6. The third-order valence-corrected chi connectivity index (χ3v) is 6.98. The third-order valence-electron chi connectivity index (χ3n) is 6.98. The van der Waals surface area contributed by atoms with Gasteiger partial charge in [0.05, 0.1) is 51.8 Å². The zero-order valence-corrected chi connectivity index (χ0v) is 18.1. The lowest BCUT2D eigenvalue weighted by Crippen LogP contribution is -2.34. The summed E-state index contributed by atoms with van der Waals surface area (Å²) in [6, 6.07) is 9.74. The number of benzene rings is 1. The lowest BCUT2D eigenvalue weighted by Gasteiger charge is -2.20. The average Bonchev–Trinajstić information content (AvgIpc) is 3.62. The Morgan fingerprint density at radius 1 is 1.15 bits per heavy atom. The quantitative estimate of drug-likeness (QED) is 0.621. The van der Waals surface area contributed by atoms with Crippen LogP contribution in [0.25, 0.3) is 16.9 Å². The molecule has 9 nitrogen and oxygen atoms in total. The number of nitrogens with zero attached hydrogens (tertiary/aromatic N) is 5. The fourth-order valence-corrected chi connectivity index (χ4v) is 5.19. The van der Waals surface area contributed by atoms with E-state index in [1.54, 1.807) is 16.9 Å². The molecule has 3 aliphatic rings. The highest BCUT2D eigenvalue weighted by Crippen LogP contribution is 2.39. The first-order valence-corrected chi connectivity index (χ1v) is 11.1. The number of nitriles is 1. The lowest BCUT2D eigenvalue weighted by molar-refractivity contribution is -0.126. The Morgan fingerprint density at radius 3 is 2.82 bits per heavy atom. The molecule has 2 fully saturated rings. The Balaban J connectivity index is 1.42. The van der Waals surface area contributed by atoms with Crippen molar-refractivity contribution in [3.05, 3.63) is 59.2 Å². The summed E-state index contributed by atoms with van der Waals surface area (Å²) < 4.78 is 16.3. The number of carbonyl (C=O) groups excluding carboxylic acids is 2. The van der Waals surface area contributed by atoms with Crippen LogP contribution in [0.4, 0.5) is 10.2 Å². The van der Waals surface area contributed by atoms with Crippen LogP contribution in [0.5, 0.6) is 0 Å². The van der Waals surface area contributed by atoms with E-state index in [1.165, 1.54) is 18.2 Å². The maximum absolute atomic E-state index is 14.7. The first-order chi connectivity index (χ1) is 16.5. The van der Waals surface area contributed by atoms with E-state index in [2.05, 4.69) is 20.5 Å². The molecule has 10 heteroatoms. The van der Waals surface area contributed by atoms with Crippen molar-refractivity contribution >= 4 is 17.6 Å². The molecular weight excluding hydrogens is 437 g/mol. The van der Waals surface area contributed by atoms with Crippen LogP contribution in [-0.2, 0) is 11.3 Å². The maximum atomic E-state index is 14.7. The highest BCUT2D eigenvalue weighted by atomic mass is 19.1. The predicted octanol–water partition coefficient (Wildman–Crippen LogP) is 1.90. The van der Waals surface area contributed by atoms with Crippen LogP contribution >= 0.6 is 0 Å². The molecule has 6 rings (SSSR count). The van der Waals surface area contributed by atoms with Gasteiger partial charge in [-0.1, -0.05) is 6.07 Å². The number of amides is 2. The first-order valence-electron chi connectivity index (χ1n) is 11.1. The summed E-state index contributed by atoms with van der Waals surface area (Å²) in [6.45, 7) is 2.22. The minimum atomic E-state index is -0.562. The standard InChI is InChI=1S/C24H20FN7O2/c25-15-3-1-2-14(11-26)20(15)16-10-18(21-17(29-16)12-28-22(21)33)32-8-4-19(30-32)31-9-6-24(13-31)5-7-27-23(24)34/h1-4,8,10H,5-7,9,12-13H2,(H,27,34)(H,28,33)/t24-/m1/s1. The number of fused-ring (bicyclic) bond motifs is 1. The van der Waals surface area contributed by atoms with Crippen LogP contribution < -0.4 is 15.5 Å². The van der Waals surface area contributed by atoms with Gasteiger partial charge in [-0.3, -0.25) is 9.59 Å². The van der Waals surface area contributed by atoms with E-state index in [0.717, 1.165) is 12.8 Å². The second-order valence-electron chi connectivity index (χ2n) is 8.88. The number of aromatic nitrogens is 3. The molecule has 2 N–H and O–H groups in total. The summed E-state index contributed by atoms with van der Waals surface area (Å²) in [4.78, 5) is 31.5. The number of hydrogen-bond donors (Lipinski definition) is 2. The summed E-state index contributed by atoms with van der Waals surface area (Å²) >= 11 is 0. The Morgan fingerprint density at radius 2 is 2.03 bits per heavy atom. The molecule has 1 aromatic carbocycles. The molecule has 0 bridgehead atoms. The molecule has 2 aromatic heterocycles. The topological polar surface area (TPSA) is 116 Å². The SMILES string of the molecule is N#Cc1cccc(F)c1-c1cc(-n2ccc(N3CC[C@]4(CCNC4=O)C3)n2)c2c(n1)CNC2=O. The molecule has 5 heterocycles. The predicted molar refractivity (Wildman–Crippen MR) is 120 cm³/mol. The normalized spacial score (nSPS) is 21.0. The second-order valence-corrected chi connectivity index (χ2v) is 8.88. The molecule has 0 saturated carbocycles. The zero-order valence-electron chi connectivity index (χ0n) is 18.1. The van der Waals surface area contributed by atoms with Gasteiger partial charge < -0.3 is 15.5 Å². The van der Waals surface area contributed by atoms with Crippen molar-refractivity contribution in [1.82, 2.24) is 25.4 Å². The van der Waals surface area contributed by atoms with Crippen molar-refractivity contribution in [2.75, 3.05) is 24.5 Å². The number of rotatable bonds is 3. The van der Waals surface area contributed by atoms with Gasteiger partial charge in [-0.05, 0) is 31.0 Å². The van der Waals surface area contributed by atoms with E-state index >= 15 is 0 Å². The Bertz CT molecular complexity index is 1410. The van der Waals surface area contributed by atoms with Gasteiger partial charge in [0, 0.05) is 31.9 Å². The van der Waals surface area contributed by atoms with Gasteiger partial charge in [0.15, 0.2) is 5.82 Å². The van der Waals surface area contributed by atoms with Crippen molar-refractivity contribution in [1.29, 1.82) is 5.26 Å². The third kappa shape index (κ3) is 2.97. The van der Waals surface area contributed by atoms with Gasteiger partial charge in [0.2, 0.25) is 5.91 Å². The van der Waals surface area contributed by atoms with E-state index in [4.69, 9.17) is 5.10 Å². The maximum Gasteiger partial charge on any atom is 0.255 e. The molecule has 1 atom stereocenters. The van der Waals surface area contributed by atoms with Crippen LogP contribution in [0, 0.1) is 22.6 Å². The van der Waals surface area contributed by atoms with Crippen LogP contribution in [0.3, 0.4) is 0 Å². The minimum Gasteiger partial charge on any atom is -0.356 e. The van der Waals surface area contributed by atoms with Crippen LogP contribution in [-0.4, -0.2) is 46.2 Å². The summed E-state index contributed by atoms with van der Waals surface area (Å²) in [5, 5.41) is 19.9. The monoisotopic (exact) mass is 457 g/mol.